The number of halogens is 1. The van der Waals surface area contributed by atoms with Gasteiger partial charge in [-0.2, -0.15) is 0 Å². The van der Waals surface area contributed by atoms with Crippen LogP contribution in [-0.4, -0.2) is 27.7 Å². The van der Waals surface area contributed by atoms with Crippen LogP contribution >= 0.6 is 0 Å². The van der Waals surface area contributed by atoms with Crippen molar-refractivity contribution in [3.8, 4) is 11.4 Å². The minimum atomic E-state index is -1.02. The number of fused-ring (bicyclic) bond motifs is 1. The molecule has 0 aliphatic carbocycles. The Hall–Kier alpha value is -2.89. The van der Waals surface area contributed by atoms with Crippen LogP contribution in [0.25, 0.3) is 16.7 Å². The predicted octanol–water partition coefficient (Wildman–Crippen LogP) is 2.87. The number of methoxy groups -OCH3 is 1. The first-order chi connectivity index (χ1) is 10.1. The van der Waals surface area contributed by atoms with Gasteiger partial charge in [-0.05, 0) is 30.3 Å². The fraction of sp³-hybridized carbons (Fsp3) is 0.0667. The summed E-state index contributed by atoms with van der Waals surface area (Å²) in [4.78, 5) is 15.3. The minimum absolute atomic E-state index is 0.158. The SMILES string of the molecule is COc1cc(F)ccc1-n1cnc2ccc(C(=O)O)cc21. The van der Waals surface area contributed by atoms with Crippen molar-refractivity contribution in [1.29, 1.82) is 0 Å². The van der Waals surface area contributed by atoms with E-state index < -0.39 is 11.8 Å². The molecule has 0 atom stereocenters. The molecule has 0 unspecified atom stereocenters. The third kappa shape index (κ3) is 2.20. The largest absolute Gasteiger partial charge is 0.494 e. The zero-order chi connectivity index (χ0) is 15.0. The maximum atomic E-state index is 13.3. The summed E-state index contributed by atoms with van der Waals surface area (Å²) in [7, 11) is 1.44. The highest BCUT2D eigenvalue weighted by Crippen LogP contribution is 2.27. The summed E-state index contributed by atoms with van der Waals surface area (Å²) in [6.07, 6.45) is 1.55. The van der Waals surface area contributed by atoms with Crippen molar-refractivity contribution in [1.82, 2.24) is 9.55 Å². The monoisotopic (exact) mass is 286 g/mol. The van der Waals surface area contributed by atoms with E-state index in [0.29, 0.717) is 22.5 Å². The number of ether oxygens (including phenoxy) is 1. The molecule has 0 amide bonds. The van der Waals surface area contributed by atoms with Crippen LogP contribution in [0.4, 0.5) is 4.39 Å². The highest BCUT2D eigenvalue weighted by atomic mass is 19.1. The molecule has 0 aliphatic heterocycles. The van der Waals surface area contributed by atoms with Gasteiger partial charge in [0.05, 0.1) is 29.4 Å². The molecule has 21 heavy (non-hydrogen) atoms. The van der Waals surface area contributed by atoms with E-state index in [-0.39, 0.29) is 5.56 Å². The Bertz CT molecular complexity index is 842. The van der Waals surface area contributed by atoms with Crippen molar-refractivity contribution in [2.75, 3.05) is 7.11 Å². The van der Waals surface area contributed by atoms with Crippen molar-refractivity contribution in [3.05, 3.63) is 54.1 Å². The van der Waals surface area contributed by atoms with Crippen LogP contribution in [-0.2, 0) is 0 Å². The molecule has 0 saturated carbocycles. The normalized spacial score (nSPS) is 10.8. The molecule has 3 aromatic rings. The van der Waals surface area contributed by atoms with Crippen LogP contribution in [0.2, 0.25) is 0 Å². The molecule has 0 fully saturated rings. The molecule has 1 aromatic heterocycles. The average Bonchev–Trinajstić information content (AvgIpc) is 2.89. The summed E-state index contributed by atoms with van der Waals surface area (Å²) < 4.78 is 20.1. The molecule has 3 rings (SSSR count). The van der Waals surface area contributed by atoms with Gasteiger partial charge in [-0.3, -0.25) is 4.57 Å². The van der Waals surface area contributed by atoms with Gasteiger partial charge in [0, 0.05) is 6.07 Å². The summed E-state index contributed by atoms with van der Waals surface area (Å²) in [5.74, 6) is -1.09. The van der Waals surface area contributed by atoms with E-state index in [0.717, 1.165) is 0 Å². The molecule has 2 aromatic carbocycles. The van der Waals surface area contributed by atoms with E-state index in [1.54, 1.807) is 23.0 Å². The lowest BCUT2D eigenvalue weighted by Gasteiger charge is -2.10. The number of carbonyl (C=O) groups is 1. The second kappa shape index (κ2) is 4.90. The lowest BCUT2D eigenvalue weighted by Crippen LogP contribution is -1.99. The lowest BCUT2D eigenvalue weighted by atomic mass is 10.2. The van der Waals surface area contributed by atoms with Crippen molar-refractivity contribution in [2.24, 2.45) is 0 Å². The maximum absolute atomic E-state index is 13.3. The Morgan fingerprint density at radius 1 is 1.29 bits per heavy atom. The Labute approximate surface area is 119 Å². The van der Waals surface area contributed by atoms with E-state index in [9.17, 15) is 9.18 Å². The Morgan fingerprint density at radius 3 is 2.81 bits per heavy atom. The van der Waals surface area contributed by atoms with Gasteiger partial charge in [0.15, 0.2) is 0 Å². The van der Waals surface area contributed by atoms with Crippen LogP contribution in [0.15, 0.2) is 42.7 Å². The number of hydrogen-bond donors (Lipinski definition) is 1. The number of rotatable bonds is 3. The number of aromatic nitrogens is 2. The zero-order valence-corrected chi connectivity index (χ0v) is 11.1. The zero-order valence-electron chi connectivity index (χ0n) is 11.1. The highest BCUT2D eigenvalue weighted by Gasteiger charge is 2.12. The highest BCUT2D eigenvalue weighted by molar-refractivity contribution is 5.92. The van der Waals surface area contributed by atoms with Crippen LogP contribution in [0, 0.1) is 5.82 Å². The number of benzene rings is 2. The molecule has 1 heterocycles. The third-order valence-electron chi connectivity index (χ3n) is 3.20. The molecule has 0 bridgehead atoms. The quantitative estimate of drug-likeness (QED) is 0.804. The van der Waals surface area contributed by atoms with E-state index >= 15 is 0 Å². The molecule has 0 radical (unpaired) electrons. The molecule has 6 heteroatoms. The number of nitrogens with zero attached hydrogens (tertiary/aromatic N) is 2. The number of imidazole rings is 1. The van der Waals surface area contributed by atoms with Crippen molar-refractivity contribution >= 4 is 17.0 Å². The van der Waals surface area contributed by atoms with Gasteiger partial charge >= 0.3 is 5.97 Å². The van der Waals surface area contributed by atoms with Crippen LogP contribution in [0.1, 0.15) is 10.4 Å². The molecule has 0 spiro atoms. The summed E-state index contributed by atoms with van der Waals surface area (Å²) in [5.41, 5.74) is 2.00. The lowest BCUT2D eigenvalue weighted by molar-refractivity contribution is 0.0697. The maximum Gasteiger partial charge on any atom is 0.335 e. The van der Waals surface area contributed by atoms with Crippen molar-refractivity contribution in [3.63, 3.8) is 0 Å². The third-order valence-corrected chi connectivity index (χ3v) is 3.20. The Balaban J connectivity index is 2.25. The fourth-order valence-electron chi connectivity index (χ4n) is 2.18. The van der Waals surface area contributed by atoms with Crippen molar-refractivity contribution in [2.45, 2.75) is 0 Å². The van der Waals surface area contributed by atoms with E-state index in [1.807, 2.05) is 0 Å². The number of aromatic carboxylic acids is 1. The Kier molecular flexibility index (Phi) is 3.06. The van der Waals surface area contributed by atoms with Crippen LogP contribution < -0.4 is 4.74 Å². The smallest absolute Gasteiger partial charge is 0.335 e. The summed E-state index contributed by atoms with van der Waals surface area (Å²) in [5, 5.41) is 9.08. The molecule has 106 valence electrons. The van der Waals surface area contributed by atoms with Gasteiger partial charge in [-0.1, -0.05) is 0 Å². The standard InChI is InChI=1S/C15H11FN2O3/c1-21-14-7-10(16)3-5-12(14)18-8-17-11-4-2-9(15(19)20)6-13(11)18/h2-8H,1H3,(H,19,20). The first-order valence-corrected chi connectivity index (χ1v) is 6.14. The molecular formula is C15H11FN2O3. The van der Waals surface area contributed by atoms with Crippen molar-refractivity contribution < 1.29 is 19.0 Å². The predicted molar refractivity (Wildman–Crippen MR) is 74.5 cm³/mol. The first kappa shape index (κ1) is 13.1. The number of hydrogen-bond acceptors (Lipinski definition) is 3. The van der Waals surface area contributed by atoms with Crippen LogP contribution in [0.5, 0.6) is 5.75 Å². The van der Waals surface area contributed by atoms with Gasteiger partial charge in [-0.25, -0.2) is 14.2 Å². The minimum Gasteiger partial charge on any atom is -0.494 e. The molecule has 1 N–H and O–H groups in total. The van der Waals surface area contributed by atoms with Gasteiger partial charge in [-0.15, -0.1) is 0 Å². The molecular weight excluding hydrogens is 275 g/mol. The number of carboxylic acid groups (broad SMARTS) is 1. The van der Waals surface area contributed by atoms with Gasteiger partial charge in [0.2, 0.25) is 0 Å². The first-order valence-electron chi connectivity index (χ1n) is 6.14. The average molecular weight is 286 g/mol. The Morgan fingerprint density at radius 2 is 2.10 bits per heavy atom. The summed E-state index contributed by atoms with van der Waals surface area (Å²) in [6.45, 7) is 0. The van der Waals surface area contributed by atoms with E-state index in [1.165, 1.54) is 31.4 Å². The second-order valence-electron chi connectivity index (χ2n) is 4.44. The number of carboxylic acids is 1. The summed E-state index contributed by atoms with van der Waals surface area (Å²) in [6, 6.07) is 8.78. The summed E-state index contributed by atoms with van der Waals surface area (Å²) >= 11 is 0. The molecule has 0 aliphatic rings. The second-order valence-corrected chi connectivity index (χ2v) is 4.44. The van der Waals surface area contributed by atoms with Gasteiger partial charge in [0.1, 0.15) is 17.9 Å². The van der Waals surface area contributed by atoms with Gasteiger partial charge < -0.3 is 9.84 Å². The topological polar surface area (TPSA) is 64.4 Å². The van der Waals surface area contributed by atoms with Crippen LogP contribution in [0.3, 0.4) is 0 Å². The molecule has 0 saturated heterocycles. The van der Waals surface area contributed by atoms with E-state index in [4.69, 9.17) is 9.84 Å². The fourth-order valence-corrected chi connectivity index (χ4v) is 2.18. The molecule has 5 nitrogen and oxygen atoms in total. The van der Waals surface area contributed by atoms with Gasteiger partial charge in [0.25, 0.3) is 0 Å². The van der Waals surface area contributed by atoms with E-state index in [2.05, 4.69) is 4.98 Å².